The van der Waals surface area contributed by atoms with E-state index in [-0.39, 0.29) is 19.1 Å². The molecule has 0 spiro atoms. The summed E-state index contributed by atoms with van der Waals surface area (Å²) in [5, 5.41) is 9.44. The maximum atomic E-state index is 12.6. The molecule has 2 aliphatic rings. The van der Waals surface area contributed by atoms with Gasteiger partial charge in [0.25, 0.3) is 0 Å². The van der Waals surface area contributed by atoms with Crippen LogP contribution in [0.25, 0.3) is 11.1 Å². The zero-order valence-corrected chi connectivity index (χ0v) is 15.4. The summed E-state index contributed by atoms with van der Waals surface area (Å²) in [7, 11) is 0. The second-order valence-corrected chi connectivity index (χ2v) is 7.69. The van der Waals surface area contributed by atoms with Crippen molar-refractivity contribution in [2.75, 3.05) is 19.7 Å². The summed E-state index contributed by atoms with van der Waals surface area (Å²) in [6.07, 6.45) is 0.826. The predicted octanol–water partition coefficient (Wildman–Crippen LogP) is 4.12. The average Bonchev–Trinajstić information content (AvgIpc) is 3.00. The first-order valence-corrected chi connectivity index (χ1v) is 9.33. The molecular formula is C22H23NO4. The van der Waals surface area contributed by atoms with Crippen LogP contribution in [0.2, 0.25) is 0 Å². The topological polar surface area (TPSA) is 66.8 Å². The van der Waals surface area contributed by atoms with Crippen LogP contribution in [-0.2, 0) is 9.53 Å². The summed E-state index contributed by atoms with van der Waals surface area (Å²) in [4.78, 5) is 25.6. The highest BCUT2D eigenvalue weighted by Gasteiger charge is 2.40. The van der Waals surface area contributed by atoms with Crippen LogP contribution >= 0.6 is 0 Å². The number of amides is 1. The van der Waals surface area contributed by atoms with Crippen molar-refractivity contribution in [1.29, 1.82) is 0 Å². The third-order valence-corrected chi connectivity index (χ3v) is 5.81. The molecule has 2 aromatic rings. The highest BCUT2D eigenvalue weighted by atomic mass is 16.6. The smallest absolute Gasteiger partial charge is 0.409 e. The second kappa shape index (κ2) is 6.72. The van der Waals surface area contributed by atoms with Gasteiger partial charge in [-0.3, -0.25) is 4.79 Å². The third kappa shape index (κ3) is 3.07. The Hall–Kier alpha value is -2.82. The number of carboxylic acids is 1. The van der Waals surface area contributed by atoms with Gasteiger partial charge in [0.15, 0.2) is 0 Å². The Morgan fingerprint density at radius 3 is 2.30 bits per heavy atom. The van der Waals surface area contributed by atoms with Gasteiger partial charge in [0.05, 0.1) is 5.41 Å². The molecule has 1 fully saturated rings. The minimum Gasteiger partial charge on any atom is -0.481 e. The number of piperidine rings is 1. The Morgan fingerprint density at radius 1 is 1.11 bits per heavy atom. The van der Waals surface area contributed by atoms with Crippen LogP contribution in [0.15, 0.2) is 48.5 Å². The summed E-state index contributed by atoms with van der Waals surface area (Å²) < 4.78 is 5.65. The van der Waals surface area contributed by atoms with Gasteiger partial charge in [-0.2, -0.15) is 0 Å². The van der Waals surface area contributed by atoms with E-state index in [1.807, 2.05) is 24.3 Å². The molecule has 1 saturated heterocycles. The van der Waals surface area contributed by atoms with Gasteiger partial charge in [0.2, 0.25) is 0 Å². The highest BCUT2D eigenvalue weighted by Crippen LogP contribution is 2.44. The van der Waals surface area contributed by atoms with Gasteiger partial charge >= 0.3 is 12.1 Å². The third-order valence-electron chi connectivity index (χ3n) is 5.81. The fourth-order valence-electron chi connectivity index (χ4n) is 4.26. The molecule has 5 heteroatoms. The summed E-state index contributed by atoms with van der Waals surface area (Å²) in [6, 6.07) is 16.4. The second-order valence-electron chi connectivity index (χ2n) is 7.69. The number of carboxylic acid groups (broad SMARTS) is 1. The van der Waals surface area contributed by atoms with Gasteiger partial charge in [0, 0.05) is 19.0 Å². The number of benzene rings is 2. The number of hydrogen-bond acceptors (Lipinski definition) is 3. The van der Waals surface area contributed by atoms with Crippen LogP contribution in [0.3, 0.4) is 0 Å². The Bertz CT molecular complexity index is 848. The standard InChI is InChI=1S/C22H23NO4/c1-22(20(24)25)11-6-12-23(14-22)21(26)27-13-19-17-9-4-2-7-15(17)16-8-3-5-10-18(16)19/h2-5,7-10,19H,6,11-14H2,1H3,(H,24,25)/t22-/m0/s1. The molecule has 1 amide bonds. The number of hydrogen-bond donors (Lipinski definition) is 1. The maximum absolute atomic E-state index is 12.6. The van der Waals surface area contributed by atoms with E-state index in [1.54, 1.807) is 6.92 Å². The van der Waals surface area contributed by atoms with E-state index in [0.717, 1.165) is 0 Å². The van der Waals surface area contributed by atoms with Gasteiger partial charge in [-0.1, -0.05) is 48.5 Å². The van der Waals surface area contributed by atoms with Crippen molar-refractivity contribution in [3.05, 3.63) is 59.7 Å². The van der Waals surface area contributed by atoms with Gasteiger partial charge in [-0.25, -0.2) is 4.79 Å². The zero-order valence-electron chi connectivity index (χ0n) is 15.4. The molecule has 1 heterocycles. The number of likely N-dealkylation sites (tertiary alicyclic amines) is 1. The van der Waals surface area contributed by atoms with Gasteiger partial charge < -0.3 is 14.7 Å². The van der Waals surface area contributed by atoms with E-state index in [9.17, 15) is 14.7 Å². The lowest BCUT2D eigenvalue weighted by Crippen LogP contribution is -2.48. The Morgan fingerprint density at radius 2 is 1.70 bits per heavy atom. The van der Waals surface area contributed by atoms with Crippen LogP contribution in [0.1, 0.15) is 36.8 Å². The first-order valence-electron chi connectivity index (χ1n) is 9.33. The summed E-state index contributed by atoms with van der Waals surface area (Å²) in [6.45, 7) is 2.68. The number of carbonyl (C=O) groups excluding carboxylic acids is 1. The molecule has 5 nitrogen and oxygen atoms in total. The summed E-state index contributed by atoms with van der Waals surface area (Å²) in [5.41, 5.74) is 3.81. The molecule has 0 unspecified atom stereocenters. The van der Waals surface area contributed by atoms with Crippen molar-refractivity contribution in [2.24, 2.45) is 5.41 Å². The molecule has 1 aliphatic carbocycles. The van der Waals surface area contributed by atoms with Crippen molar-refractivity contribution in [1.82, 2.24) is 4.90 Å². The van der Waals surface area contributed by atoms with E-state index >= 15 is 0 Å². The molecule has 1 N–H and O–H groups in total. The first-order chi connectivity index (χ1) is 13.0. The summed E-state index contributed by atoms with van der Waals surface area (Å²) >= 11 is 0. The van der Waals surface area contributed by atoms with Crippen LogP contribution in [0.5, 0.6) is 0 Å². The van der Waals surface area contributed by atoms with Crippen LogP contribution in [-0.4, -0.2) is 41.8 Å². The van der Waals surface area contributed by atoms with E-state index in [1.165, 1.54) is 27.2 Å². The molecule has 27 heavy (non-hydrogen) atoms. The van der Waals surface area contributed by atoms with Crippen LogP contribution < -0.4 is 0 Å². The number of fused-ring (bicyclic) bond motifs is 3. The van der Waals surface area contributed by atoms with Crippen molar-refractivity contribution >= 4 is 12.1 Å². The maximum Gasteiger partial charge on any atom is 0.409 e. The van der Waals surface area contributed by atoms with Crippen molar-refractivity contribution in [3.63, 3.8) is 0 Å². The number of aliphatic carboxylic acids is 1. The zero-order chi connectivity index (χ0) is 19.0. The highest BCUT2D eigenvalue weighted by molar-refractivity contribution is 5.79. The van der Waals surface area contributed by atoms with Crippen molar-refractivity contribution < 1.29 is 19.4 Å². The minimum atomic E-state index is -0.899. The van der Waals surface area contributed by atoms with Crippen LogP contribution in [0.4, 0.5) is 4.79 Å². The summed E-state index contributed by atoms with van der Waals surface area (Å²) in [5.74, 6) is -0.851. The van der Waals surface area contributed by atoms with Gasteiger partial charge in [0.1, 0.15) is 6.61 Å². The van der Waals surface area contributed by atoms with Crippen LogP contribution in [0, 0.1) is 5.41 Å². The number of nitrogens with zero attached hydrogens (tertiary/aromatic N) is 1. The molecule has 0 bridgehead atoms. The average molecular weight is 365 g/mol. The van der Waals surface area contributed by atoms with Gasteiger partial charge in [-0.05, 0) is 42.0 Å². The minimum absolute atomic E-state index is 0.0111. The van der Waals surface area contributed by atoms with E-state index in [0.29, 0.717) is 19.4 Å². The molecular weight excluding hydrogens is 342 g/mol. The predicted molar refractivity (Wildman–Crippen MR) is 102 cm³/mol. The van der Waals surface area contributed by atoms with Gasteiger partial charge in [-0.15, -0.1) is 0 Å². The van der Waals surface area contributed by atoms with E-state index < -0.39 is 17.5 Å². The first kappa shape index (κ1) is 17.6. The van der Waals surface area contributed by atoms with Crippen molar-refractivity contribution in [3.8, 4) is 11.1 Å². The quantitative estimate of drug-likeness (QED) is 0.888. The molecule has 0 radical (unpaired) electrons. The Balaban J connectivity index is 1.49. The lowest BCUT2D eigenvalue weighted by atomic mass is 9.82. The fraction of sp³-hybridized carbons (Fsp3) is 0.364. The number of ether oxygens (including phenoxy) is 1. The van der Waals surface area contributed by atoms with E-state index in [2.05, 4.69) is 24.3 Å². The Kier molecular flexibility index (Phi) is 4.38. The normalized spacial score (nSPS) is 21.4. The van der Waals surface area contributed by atoms with E-state index in [4.69, 9.17) is 4.74 Å². The number of carbonyl (C=O) groups is 2. The monoisotopic (exact) mass is 365 g/mol. The lowest BCUT2D eigenvalue weighted by Gasteiger charge is -2.36. The van der Waals surface area contributed by atoms with Crippen molar-refractivity contribution in [2.45, 2.75) is 25.7 Å². The number of rotatable bonds is 3. The Labute approximate surface area is 158 Å². The molecule has 0 aromatic heterocycles. The molecule has 1 atom stereocenters. The fourth-order valence-corrected chi connectivity index (χ4v) is 4.26. The SMILES string of the molecule is C[C@]1(C(=O)O)CCCN(C(=O)OCC2c3ccccc3-c3ccccc32)C1. The largest absolute Gasteiger partial charge is 0.481 e. The molecule has 1 aliphatic heterocycles. The molecule has 140 valence electrons. The molecule has 0 saturated carbocycles. The lowest BCUT2D eigenvalue weighted by molar-refractivity contribution is -0.150. The molecule has 2 aromatic carbocycles. The molecule has 4 rings (SSSR count).